The molecule has 0 aliphatic rings. The highest BCUT2D eigenvalue weighted by molar-refractivity contribution is 6.32. The van der Waals surface area contributed by atoms with E-state index in [1.54, 1.807) is 0 Å². The van der Waals surface area contributed by atoms with Gasteiger partial charge in [-0.05, 0) is 61.7 Å². The highest BCUT2D eigenvalue weighted by Crippen LogP contribution is 2.31. The molecule has 0 fully saturated rings. The molecule has 1 atom stereocenters. The van der Waals surface area contributed by atoms with Crippen molar-refractivity contribution in [2.24, 2.45) is 5.73 Å². The lowest BCUT2D eigenvalue weighted by Crippen LogP contribution is -2.04. The number of hydrogen-bond acceptors (Lipinski definition) is 2. The summed E-state index contributed by atoms with van der Waals surface area (Å²) in [6.07, 6.45) is 0. The third-order valence-corrected chi connectivity index (χ3v) is 3.48. The Hall–Kier alpha value is -1.51. The smallest absolute Gasteiger partial charge is 0.146 e. The van der Waals surface area contributed by atoms with Crippen molar-refractivity contribution in [1.82, 2.24) is 0 Å². The van der Waals surface area contributed by atoms with Gasteiger partial charge in [0.2, 0.25) is 0 Å². The van der Waals surface area contributed by atoms with Crippen LogP contribution in [0.25, 0.3) is 0 Å². The normalized spacial score (nSPS) is 12.3. The second-order valence-corrected chi connectivity index (χ2v) is 5.23. The van der Waals surface area contributed by atoms with E-state index in [9.17, 15) is 0 Å². The van der Waals surface area contributed by atoms with Gasteiger partial charge in [0.25, 0.3) is 0 Å². The first-order chi connectivity index (χ1) is 8.97. The summed E-state index contributed by atoms with van der Waals surface area (Å²) in [6, 6.07) is 11.6. The molecule has 0 unspecified atom stereocenters. The number of halogens is 1. The molecule has 0 spiro atoms. The summed E-state index contributed by atoms with van der Waals surface area (Å²) >= 11 is 6.21. The van der Waals surface area contributed by atoms with Crippen molar-refractivity contribution in [1.29, 1.82) is 0 Å². The van der Waals surface area contributed by atoms with E-state index < -0.39 is 0 Å². The Labute approximate surface area is 119 Å². The van der Waals surface area contributed by atoms with E-state index in [1.165, 1.54) is 11.1 Å². The Balaban J connectivity index is 2.25. The fourth-order valence-electron chi connectivity index (χ4n) is 1.79. The molecule has 2 nitrogen and oxygen atoms in total. The molecule has 0 saturated carbocycles. The number of aryl methyl sites for hydroxylation is 2. The lowest BCUT2D eigenvalue weighted by molar-refractivity contribution is 0.482. The van der Waals surface area contributed by atoms with Crippen LogP contribution in [-0.4, -0.2) is 0 Å². The van der Waals surface area contributed by atoms with E-state index in [2.05, 4.69) is 13.8 Å². The fraction of sp³-hybridized carbons (Fsp3) is 0.250. The number of rotatable bonds is 3. The van der Waals surface area contributed by atoms with Crippen molar-refractivity contribution < 1.29 is 4.74 Å². The molecular formula is C16H18ClNO. The van der Waals surface area contributed by atoms with Crippen LogP contribution in [0.5, 0.6) is 11.5 Å². The quantitative estimate of drug-likeness (QED) is 0.876. The van der Waals surface area contributed by atoms with Gasteiger partial charge in [-0.3, -0.25) is 0 Å². The Kier molecular flexibility index (Phi) is 4.13. The third kappa shape index (κ3) is 3.28. The zero-order valence-corrected chi connectivity index (χ0v) is 12.2. The van der Waals surface area contributed by atoms with Crippen molar-refractivity contribution in [3.63, 3.8) is 0 Å². The molecule has 19 heavy (non-hydrogen) atoms. The van der Waals surface area contributed by atoms with Crippen LogP contribution in [0, 0.1) is 13.8 Å². The first-order valence-electron chi connectivity index (χ1n) is 6.27. The van der Waals surface area contributed by atoms with Crippen molar-refractivity contribution >= 4 is 11.6 Å². The number of benzene rings is 2. The van der Waals surface area contributed by atoms with Gasteiger partial charge in [-0.15, -0.1) is 0 Å². The van der Waals surface area contributed by atoms with Crippen molar-refractivity contribution in [2.45, 2.75) is 26.8 Å². The molecule has 2 N–H and O–H groups in total. The Bertz CT molecular complexity index is 593. The van der Waals surface area contributed by atoms with Crippen LogP contribution in [0.1, 0.15) is 29.7 Å². The van der Waals surface area contributed by atoms with Crippen molar-refractivity contribution in [3.8, 4) is 11.5 Å². The van der Waals surface area contributed by atoms with Gasteiger partial charge >= 0.3 is 0 Å². The van der Waals surface area contributed by atoms with Gasteiger partial charge in [-0.25, -0.2) is 0 Å². The van der Waals surface area contributed by atoms with Gasteiger partial charge in [-0.1, -0.05) is 23.7 Å². The highest BCUT2D eigenvalue weighted by Gasteiger charge is 2.07. The van der Waals surface area contributed by atoms with Crippen LogP contribution in [0.2, 0.25) is 5.02 Å². The summed E-state index contributed by atoms with van der Waals surface area (Å²) in [5.41, 5.74) is 9.26. The van der Waals surface area contributed by atoms with E-state index >= 15 is 0 Å². The zero-order valence-electron chi connectivity index (χ0n) is 11.4. The minimum atomic E-state index is -0.0341. The van der Waals surface area contributed by atoms with Crippen LogP contribution < -0.4 is 10.5 Å². The molecular weight excluding hydrogens is 258 g/mol. The highest BCUT2D eigenvalue weighted by atomic mass is 35.5. The lowest BCUT2D eigenvalue weighted by Gasteiger charge is -2.12. The summed E-state index contributed by atoms with van der Waals surface area (Å²) in [6.45, 7) is 6.06. The number of ether oxygens (including phenoxy) is 1. The fourth-order valence-corrected chi connectivity index (χ4v) is 2.02. The molecule has 100 valence electrons. The molecule has 0 amide bonds. The van der Waals surface area contributed by atoms with Crippen LogP contribution >= 0.6 is 11.6 Å². The van der Waals surface area contributed by atoms with Gasteiger partial charge < -0.3 is 10.5 Å². The summed E-state index contributed by atoms with van der Waals surface area (Å²) < 4.78 is 5.81. The topological polar surface area (TPSA) is 35.2 Å². The monoisotopic (exact) mass is 275 g/mol. The standard InChI is InChI=1S/C16H18ClNO/c1-10-4-6-14(8-11(10)2)19-16-7-5-13(12(3)18)9-15(16)17/h4-9,12H,18H2,1-3H3/t12-/m1/s1. The second-order valence-electron chi connectivity index (χ2n) is 4.83. The van der Waals surface area contributed by atoms with E-state index in [0.717, 1.165) is 11.3 Å². The summed E-state index contributed by atoms with van der Waals surface area (Å²) in [7, 11) is 0. The van der Waals surface area contributed by atoms with Crippen molar-refractivity contribution in [3.05, 3.63) is 58.1 Å². The van der Waals surface area contributed by atoms with Crippen LogP contribution in [0.3, 0.4) is 0 Å². The Morgan fingerprint density at radius 1 is 1.05 bits per heavy atom. The second kappa shape index (κ2) is 5.64. The predicted octanol–water partition coefficient (Wildman–Crippen LogP) is 4.77. The maximum Gasteiger partial charge on any atom is 0.146 e. The van der Waals surface area contributed by atoms with Gasteiger partial charge in [0.15, 0.2) is 0 Å². The number of hydrogen-bond donors (Lipinski definition) is 1. The van der Waals surface area contributed by atoms with Gasteiger partial charge in [0, 0.05) is 6.04 Å². The molecule has 0 bridgehead atoms. The summed E-state index contributed by atoms with van der Waals surface area (Å²) in [4.78, 5) is 0. The minimum Gasteiger partial charge on any atom is -0.456 e. The predicted molar refractivity (Wildman–Crippen MR) is 80.0 cm³/mol. The SMILES string of the molecule is Cc1ccc(Oc2ccc([C@@H](C)N)cc2Cl)cc1C. The summed E-state index contributed by atoms with van der Waals surface area (Å²) in [5, 5.41) is 0.577. The van der Waals surface area contributed by atoms with Crippen LogP contribution in [-0.2, 0) is 0 Å². The van der Waals surface area contributed by atoms with Gasteiger partial charge in [0.05, 0.1) is 5.02 Å². The first-order valence-corrected chi connectivity index (χ1v) is 6.65. The molecule has 0 radical (unpaired) electrons. The van der Waals surface area contributed by atoms with Crippen LogP contribution in [0.4, 0.5) is 0 Å². The third-order valence-electron chi connectivity index (χ3n) is 3.19. The van der Waals surface area contributed by atoms with E-state index in [4.69, 9.17) is 22.1 Å². The molecule has 0 aliphatic heterocycles. The molecule has 2 rings (SSSR count). The number of nitrogens with two attached hydrogens (primary N) is 1. The van der Waals surface area contributed by atoms with Crippen LogP contribution in [0.15, 0.2) is 36.4 Å². The Morgan fingerprint density at radius 2 is 1.79 bits per heavy atom. The van der Waals surface area contributed by atoms with Gasteiger partial charge in [-0.2, -0.15) is 0 Å². The van der Waals surface area contributed by atoms with Crippen molar-refractivity contribution in [2.75, 3.05) is 0 Å². The van der Waals surface area contributed by atoms with Gasteiger partial charge in [0.1, 0.15) is 11.5 Å². The molecule has 0 saturated heterocycles. The first kappa shape index (κ1) is 13.9. The maximum absolute atomic E-state index is 6.21. The molecule has 3 heteroatoms. The average Bonchev–Trinajstić information content (AvgIpc) is 2.36. The molecule has 2 aromatic rings. The maximum atomic E-state index is 6.21. The summed E-state index contributed by atoms with van der Waals surface area (Å²) in [5.74, 6) is 1.44. The largest absolute Gasteiger partial charge is 0.456 e. The zero-order chi connectivity index (χ0) is 14.0. The minimum absolute atomic E-state index is 0.0341. The Morgan fingerprint density at radius 3 is 2.37 bits per heavy atom. The average molecular weight is 276 g/mol. The molecule has 0 aromatic heterocycles. The van der Waals surface area contributed by atoms with E-state index in [-0.39, 0.29) is 6.04 Å². The molecule has 2 aromatic carbocycles. The molecule has 0 heterocycles. The molecule has 0 aliphatic carbocycles. The lowest BCUT2D eigenvalue weighted by atomic mass is 10.1. The van der Waals surface area contributed by atoms with E-state index in [1.807, 2.05) is 43.3 Å². The van der Waals surface area contributed by atoms with E-state index in [0.29, 0.717) is 10.8 Å².